The van der Waals surface area contributed by atoms with Crippen LogP contribution in [0.3, 0.4) is 0 Å². The number of carbonyl (C=O) groups excluding carboxylic acids is 2. The molecule has 0 bridgehead atoms. The highest BCUT2D eigenvalue weighted by Gasteiger charge is 2.30. The quantitative estimate of drug-likeness (QED) is 0.294. The number of benzene rings is 3. The van der Waals surface area contributed by atoms with Crippen LogP contribution in [0.5, 0.6) is 0 Å². The molecule has 5 nitrogen and oxygen atoms in total. The zero-order chi connectivity index (χ0) is 14.6. The van der Waals surface area contributed by atoms with E-state index in [-0.39, 0.29) is 11.3 Å². The highest BCUT2D eigenvalue weighted by atomic mass is 16.6. The van der Waals surface area contributed by atoms with E-state index >= 15 is 0 Å². The van der Waals surface area contributed by atoms with Gasteiger partial charge in [0.2, 0.25) is 0 Å². The van der Waals surface area contributed by atoms with Gasteiger partial charge in [0.05, 0.1) is 11.1 Å². The molecule has 4 rings (SSSR count). The van der Waals surface area contributed by atoms with Crippen LogP contribution < -0.4 is 0 Å². The molecule has 0 saturated carbocycles. The third-order valence-electron chi connectivity index (χ3n) is 3.69. The molecule has 3 aromatic rings. The molecule has 3 aromatic carbocycles. The Balaban J connectivity index is 2.36. The predicted molar refractivity (Wildman–Crippen MR) is 76.7 cm³/mol. The molecule has 0 fully saturated rings. The molecule has 0 amide bonds. The Hall–Kier alpha value is -3.08. The Morgan fingerprint density at radius 1 is 0.857 bits per heavy atom. The van der Waals surface area contributed by atoms with E-state index in [4.69, 9.17) is 4.74 Å². The summed E-state index contributed by atoms with van der Waals surface area (Å²) in [7, 11) is 0. The molecule has 0 saturated heterocycles. The number of hydrogen-bond donors (Lipinski definition) is 0. The van der Waals surface area contributed by atoms with E-state index in [1.165, 1.54) is 6.07 Å². The topological polar surface area (TPSA) is 72.8 Å². The SMILES string of the molecule is O=Nc1cccc2cc3cccc4c3c(c12)C(=O)OC4=O. The van der Waals surface area contributed by atoms with Crippen molar-refractivity contribution in [1.82, 2.24) is 0 Å². The van der Waals surface area contributed by atoms with Crippen LogP contribution in [-0.4, -0.2) is 11.9 Å². The lowest BCUT2D eigenvalue weighted by molar-refractivity contribution is 0.0393. The van der Waals surface area contributed by atoms with Gasteiger partial charge in [-0.3, -0.25) is 0 Å². The van der Waals surface area contributed by atoms with E-state index < -0.39 is 11.9 Å². The van der Waals surface area contributed by atoms with Crippen molar-refractivity contribution in [2.75, 3.05) is 0 Å². The van der Waals surface area contributed by atoms with Gasteiger partial charge in [-0.2, -0.15) is 0 Å². The number of ether oxygens (including phenoxy) is 1. The average molecular weight is 277 g/mol. The Kier molecular flexibility index (Phi) is 2.21. The van der Waals surface area contributed by atoms with Gasteiger partial charge in [0.1, 0.15) is 5.69 Å². The number of esters is 2. The van der Waals surface area contributed by atoms with E-state index in [0.29, 0.717) is 21.7 Å². The van der Waals surface area contributed by atoms with Gasteiger partial charge in [-0.1, -0.05) is 24.3 Å². The van der Waals surface area contributed by atoms with Gasteiger partial charge in [-0.05, 0) is 34.1 Å². The summed E-state index contributed by atoms with van der Waals surface area (Å²) < 4.78 is 4.79. The lowest BCUT2D eigenvalue weighted by atomic mass is 9.91. The Morgan fingerprint density at radius 2 is 1.57 bits per heavy atom. The highest BCUT2D eigenvalue weighted by molar-refractivity contribution is 6.28. The van der Waals surface area contributed by atoms with Crippen LogP contribution in [0, 0.1) is 4.91 Å². The molecule has 100 valence electrons. The molecular weight excluding hydrogens is 270 g/mol. The summed E-state index contributed by atoms with van der Waals surface area (Å²) in [5, 5.41) is 5.38. The third kappa shape index (κ3) is 1.45. The van der Waals surface area contributed by atoms with Crippen LogP contribution in [0.25, 0.3) is 21.5 Å². The summed E-state index contributed by atoms with van der Waals surface area (Å²) in [6, 6.07) is 12.0. The first-order chi connectivity index (χ1) is 10.2. The lowest BCUT2D eigenvalue weighted by Crippen LogP contribution is -2.19. The van der Waals surface area contributed by atoms with Crippen molar-refractivity contribution >= 4 is 39.2 Å². The second-order valence-electron chi connectivity index (χ2n) is 4.80. The van der Waals surface area contributed by atoms with Crippen LogP contribution in [0.4, 0.5) is 5.69 Å². The third-order valence-corrected chi connectivity index (χ3v) is 3.69. The predicted octanol–water partition coefficient (Wildman–Crippen LogP) is 3.70. The summed E-state index contributed by atoms with van der Waals surface area (Å²) in [6.07, 6.45) is 0. The van der Waals surface area contributed by atoms with Crippen LogP contribution in [-0.2, 0) is 4.74 Å². The number of hydrogen-bond acceptors (Lipinski definition) is 5. The number of rotatable bonds is 1. The highest BCUT2D eigenvalue weighted by Crippen LogP contribution is 2.38. The zero-order valence-electron chi connectivity index (χ0n) is 10.6. The minimum atomic E-state index is -0.745. The molecule has 0 aromatic heterocycles. The van der Waals surface area contributed by atoms with Gasteiger partial charge in [0, 0.05) is 10.8 Å². The Labute approximate surface area is 118 Å². The molecule has 0 atom stereocenters. The van der Waals surface area contributed by atoms with E-state index in [1.807, 2.05) is 12.1 Å². The first kappa shape index (κ1) is 11.7. The molecule has 0 spiro atoms. The molecule has 0 radical (unpaired) electrons. The van der Waals surface area contributed by atoms with Crippen LogP contribution in [0.1, 0.15) is 20.7 Å². The monoisotopic (exact) mass is 277 g/mol. The average Bonchev–Trinajstić information content (AvgIpc) is 2.50. The van der Waals surface area contributed by atoms with Crippen molar-refractivity contribution in [3.05, 3.63) is 58.5 Å². The minimum Gasteiger partial charge on any atom is -0.386 e. The molecule has 5 heteroatoms. The first-order valence-electron chi connectivity index (χ1n) is 6.29. The van der Waals surface area contributed by atoms with Crippen molar-refractivity contribution < 1.29 is 14.3 Å². The smallest absolute Gasteiger partial charge is 0.347 e. The largest absolute Gasteiger partial charge is 0.386 e. The summed E-state index contributed by atoms with van der Waals surface area (Å²) in [5.74, 6) is -1.42. The number of nitrogens with zero attached hydrogens (tertiary/aromatic N) is 1. The molecular formula is C16H7NO4. The molecule has 21 heavy (non-hydrogen) atoms. The molecule has 1 heterocycles. The zero-order valence-corrected chi connectivity index (χ0v) is 10.6. The van der Waals surface area contributed by atoms with Gasteiger partial charge >= 0.3 is 11.9 Å². The number of nitroso groups, excluding NO2 is 1. The van der Waals surface area contributed by atoms with Crippen molar-refractivity contribution in [3.63, 3.8) is 0 Å². The Morgan fingerprint density at radius 3 is 2.33 bits per heavy atom. The van der Waals surface area contributed by atoms with E-state index in [0.717, 1.165) is 5.39 Å². The van der Waals surface area contributed by atoms with Crippen molar-refractivity contribution in [3.8, 4) is 0 Å². The molecule has 1 aliphatic rings. The van der Waals surface area contributed by atoms with Crippen LogP contribution >= 0.6 is 0 Å². The number of cyclic esters (lactones) is 2. The number of carbonyl (C=O) groups is 2. The van der Waals surface area contributed by atoms with Gasteiger partial charge in [-0.15, -0.1) is 4.91 Å². The van der Waals surface area contributed by atoms with Crippen molar-refractivity contribution in [1.29, 1.82) is 0 Å². The fraction of sp³-hybridized carbons (Fsp3) is 0. The summed E-state index contributed by atoms with van der Waals surface area (Å²) in [5.41, 5.74) is 0.711. The maximum absolute atomic E-state index is 12.2. The summed E-state index contributed by atoms with van der Waals surface area (Å²) in [4.78, 5) is 35.1. The maximum atomic E-state index is 12.2. The van der Waals surface area contributed by atoms with E-state index in [2.05, 4.69) is 5.18 Å². The fourth-order valence-corrected chi connectivity index (χ4v) is 2.85. The second-order valence-corrected chi connectivity index (χ2v) is 4.80. The lowest BCUT2D eigenvalue weighted by Gasteiger charge is -2.17. The van der Waals surface area contributed by atoms with Gasteiger partial charge in [0.25, 0.3) is 0 Å². The van der Waals surface area contributed by atoms with Crippen LogP contribution in [0.15, 0.2) is 47.6 Å². The van der Waals surface area contributed by atoms with Gasteiger partial charge in [-0.25, -0.2) is 9.59 Å². The van der Waals surface area contributed by atoms with Gasteiger partial charge < -0.3 is 4.74 Å². The van der Waals surface area contributed by atoms with E-state index in [1.54, 1.807) is 24.3 Å². The second kappa shape index (κ2) is 3.96. The minimum absolute atomic E-state index is 0.158. The first-order valence-corrected chi connectivity index (χ1v) is 6.29. The summed E-state index contributed by atoms with van der Waals surface area (Å²) >= 11 is 0. The Bertz CT molecular complexity index is 951. The van der Waals surface area contributed by atoms with Crippen molar-refractivity contribution in [2.24, 2.45) is 5.18 Å². The molecule has 0 N–H and O–H groups in total. The molecule has 0 aliphatic carbocycles. The fourth-order valence-electron chi connectivity index (χ4n) is 2.85. The van der Waals surface area contributed by atoms with Gasteiger partial charge in [0.15, 0.2) is 0 Å². The molecule has 1 aliphatic heterocycles. The molecule has 0 unspecified atom stereocenters. The van der Waals surface area contributed by atoms with Crippen molar-refractivity contribution in [2.45, 2.75) is 0 Å². The van der Waals surface area contributed by atoms with E-state index in [9.17, 15) is 14.5 Å². The maximum Gasteiger partial charge on any atom is 0.347 e. The standard InChI is InChI=1S/C16H7NO4/c18-15-10-5-1-3-8-7-9-4-2-6-11(17-20)13(9)14(12(8)10)16(19)21-15/h1-7H. The normalized spacial score (nSPS) is 13.5. The summed E-state index contributed by atoms with van der Waals surface area (Å²) in [6.45, 7) is 0. The number of fused-ring (bicyclic) bond motifs is 2. The van der Waals surface area contributed by atoms with Crippen LogP contribution in [0.2, 0.25) is 0 Å².